The van der Waals surface area contributed by atoms with Gasteiger partial charge in [0.1, 0.15) is 5.75 Å². The molecule has 0 radical (unpaired) electrons. The highest BCUT2D eigenvalue weighted by Crippen LogP contribution is 2.20. The number of hydrogen-bond donors (Lipinski definition) is 2. The Bertz CT molecular complexity index is 356. The molecule has 4 heteroatoms. The van der Waals surface area contributed by atoms with E-state index in [1.54, 1.807) is 7.11 Å². The van der Waals surface area contributed by atoms with Crippen molar-refractivity contribution in [2.24, 2.45) is 5.73 Å². The lowest BCUT2D eigenvalue weighted by Crippen LogP contribution is -2.24. The Morgan fingerprint density at radius 2 is 2.17 bits per heavy atom. The molecule has 0 amide bonds. The fourth-order valence-electron chi connectivity index (χ4n) is 1.96. The van der Waals surface area contributed by atoms with Crippen LogP contribution in [0.25, 0.3) is 0 Å². The predicted octanol–water partition coefficient (Wildman–Crippen LogP) is 1.36. The van der Waals surface area contributed by atoms with E-state index in [2.05, 4.69) is 17.9 Å². The first kappa shape index (κ1) is 15.0. The molecular weight excluding hydrogens is 228 g/mol. The molecule has 3 N–H and O–H groups in total. The summed E-state index contributed by atoms with van der Waals surface area (Å²) in [6.45, 7) is 5.62. The number of benzene rings is 1. The molecule has 0 fully saturated rings. The van der Waals surface area contributed by atoms with Crippen LogP contribution in [0.5, 0.6) is 5.75 Å². The van der Waals surface area contributed by atoms with Gasteiger partial charge in [-0.05, 0) is 24.6 Å². The Labute approximate surface area is 109 Å². The normalized spacial score (nSPS) is 10.9. The molecule has 18 heavy (non-hydrogen) atoms. The van der Waals surface area contributed by atoms with Crippen molar-refractivity contribution in [2.45, 2.75) is 26.4 Å². The molecule has 0 atom stereocenters. The van der Waals surface area contributed by atoms with E-state index in [4.69, 9.17) is 15.6 Å². The zero-order valence-electron chi connectivity index (χ0n) is 11.4. The summed E-state index contributed by atoms with van der Waals surface area (Å²) >= 11 is 0. The number of rotatable bonds is 8. The van der Waals surface area contributed by atoms with Crippen molar-refractivity contribution in [3.05, 3.63) is 29.3 Å². The Hall–Kier alpha value is -1.10. The molecule has 0 aliphatic rings. The van der Waals surface area contributed by atoms with Gasteiger partial charge in [-0.25, -0.2) is 0 Å². The third-order valence-electron chi connectivity index (χ3n) is 3.06. The highest BCUT2D eigenvalue weighted by atomic mass is 16.5. The molecule has 0 saturated heterocycles. The van der Waals surface area contributed by atoms with Gasteiger partial charge in [0.2, 0.25) is 0 Å². The van der Waals surface area contributed by atoms with Gasteiger partial charge in [0.25, 0.3) is 0 Å². The Morgan fingerprint density at radius 3 is 2.72 bits per heavy atom. The Kier molecular flexibility index (Phi) is 6.72. The van der Waals surface area contributed by atoms with E-state index >= 15 is 0 Å². The summed E-state index contributed by atoms with van der Waals surface area (Å²) in [7, 11) is 1.67. The van der Waals surface area contributed by atoms with E-state index in [-0.39, 0.29) is 6.61 Å². The first-order valence-corrected chi connectivity index (χ1v) is 6.44. The van der Waals surface area contributed by atoms with Crippen LogP contribution in [0.3, 0.4) is 0 Å². The van der Waals surface area contributed by atoms with Crippen molar-refractivity contribution in [3.8, 4) is 5.75 Å². The van der Waals surface area contributed by atoms with E-state index in [9.17, 15) is 0 Å². The number of aliphatic hydroxyl groups excluding tert-OH is 1. The summed E-state index contributed by atoms with van der Waals surface area (Å²) in [4.78, 5) is 2.30. The zero-order chi connectivity index (χ0) is 13.4. The van der Waals surface area contributed by atoms with Crippen LogP contribution in [0.2, 0.25) is 0 Å². The van der Waals surface area contributed by atoms with Gasteiger partial charge in [0, 0.05) is 31.8 Å². The van der Waals surface area contributed by atoms with Gasteiger partial charge in [-0.15, -0.1) is 0 Å². The van der Waals surface area contributed by atoms with E-state index < -0.39 is 0 Å². The zero-order valence-corrected chi connectivity index (χ0v) is 11.4. The first-order chi connectivity index (χ1) is 8.74. The molecule has 4 nitrogen and oxygen atoms in total. The third kappa shape index (κ3) is 4.29. The summed E-state index contributed by atoms with van der Waals surface area (Å²) in [6, 6.07) is 6.16. The fraction of sp³-hybridized carbons (Fsp3) is 0.571. The molecule has 0 spiro atoms. The lowest BCUT2D eigenvalue weighted by atomic mass is 10.1. The van der Waals surface area contributed by atoms with E-state index in [1.165, 1.54) is 5.56 Å². The molecule has 102 valence electrons. The van der Waals surface area contributed by atoms with Crippen molar-refractivity contribution < 1.29 is 9.84 Å². The topological polar surface area (TPSA) is 58.7 Å². The van der Waals surface area contributed by atoms with E-state index in [1.807, 2.05) is 12.1 Å². The van der Waals surface area contributed by atoms with Crippen LogP contribution in [-0.2, 0) is 13.1 Å². The van der Waals surface area contributed by atoms with Crippen molar-refractivity contribution in [1.82, 2.24) is 4.90 Å². The Morgan fingerprint density at radius 1 is 1.39 bits per heavy atom. The van der Waals surface area contributed by atoms with Crippen LogP contribution in [0.4, 0.5) is 0 Å². The number of nitrogens with two attached hydrogens (primary N) is 1. The van der Waals surface area contributed by atoms with Crippen LogP contribution in [0, 0.1) is 0 Å². The van der Waals surface area contributed by atoms with Crippen molar-refractivity contribution in [3.63, 3.8) is 0 Å². The van der Waals surface area contributed by atoms with Crippen LogP contribution in [0.15, 0.2) is 18.2 Å². The van der Waals surface area contributed by atoms with E-state index in [0.717, 1.165) is 37.4 Å². The second kappa shape index (κ2) is 8.08. The summed E-state index contributed by atoms with van der Waals surface area (Å²) in [5, 5.41) is 8.87. The van der Waals surface area contributed by atoms with Gasteiger partial charge in [-0.3, -0.25) is 4.90 Å². The molecular formula is C14H24N2O2. The molecule has 1 aromatic rings. The predicted molar refractivity (Wildman–Crippen MR) is 73.5 cm³/mol. The average Bonchev–Trinajstić information content (AvgIpc) is 2.43. The standard InChI is InChI=1S/C14H24N2O2/c1-3-16(7-4-8-17)11-12-5-6-13(10-15)14(9-12)18-2/h5-6,9,17H,3-4,7-8,10-11,15H2,1-2H3. The smallest absolute Gasteiger partial charge is 0.123 e. The van der Waals surface area contributed by atoms with Crippen LogP contribution in [-0.4, -0.2) is 36.8 Å². The SMILES string of the molecule is CCN(CCCO)Cc1ccc(CN)c(OC)c1. The van der Waals surface area contributed by atoms with Gasteiger partial charge >= 0.3 is 0 Å². The molecule has 0 bridgehead atoms. The van der Waals surface area contributed by atoms with Crippen molar-refractivity contribution in [2.75, 3.05) is 26.8 Å². The van der Waals surface area contributed by atoms with E-state index in [0.29, 0.717) is 6.54 Å². The first-order valence-electron chi connectivity index (χ1n) is 6.44. The van der Waals surface area contributed by atoms with Gasteiger partial charge in [0.15, 0.2) is 0 Å². The molecule has 0 aliphatic heterocycles. The van der Waals surface area contributed by atoms with Gasteiger partial charge in [0.05, 0.1) is 7.11 Å². The maximum atomic E-state index is 8.87. The minimum Gasteiger partial charge on any atom is -0.496 e. The Balaban J connectivity index is 2.71. The number of aliphatic hydroxyl groups is 1. The molecule has 0 unspecified atom stereocenters. The quantitative estimate of drug-likeness (QED) is 0.733. The molecule has 0 heterocycles. The maximum Gasteiger partial charge on any atom is 0.123 e. The monoisotopic (exact) mass is 252 g/mol. The third-order valence-corrected chi connectivity index (χ3v) is 3.06. The number of methoxy groups -OCH3 is 1. The highest BCUT2D eigenvalue weighted by molar-refractivity contribution is 5.37. The molecule has 1 rings (SSSR count). The number of ether oxygens (including phenoxy) is 1. The highest BCUT2D eigenvalue weighted by Gasteiger charge is 2.07. The largest absolute Gasteiger partial charge is 0.496 e. The summed E-state index contributed by atoms with van der Waals surface area (Å²) in [6.07, 6.45) is 0.811. The maximum absolute atomic E-state index is 8.87. The van der Waals surface area contributed by atoms with Crippen molar-refractivity contribution in [1.29, 1.82) is 0 Å². The summed E-state index contributed by atoms with van der Waals surface area (Å²) in [5.74, 6) is 0.855. The molecule has 1 aromatic carbocycles. The fourth-order valence-corrected chi connectivity index (χ4v) is 1.96. The molecule has 0 aliphatic carbocycles. The van der Waals surface area contributed by atoms with Crippen molar-refractivity contribution >= 4 is 0 Å². The van der Waals surface area contributed by atoms with Gasteiger partial charge in [-0.2, -0.15) is 0 Å². The van der Waals surface area contributed by atoms with Gasteiger partial charge < -0.3 is 15.6 Å². The van der Waals surface area contributed by atoms with Crippen LogP contribution < -0.4 is 10.5 Å². The van der Waals surface area contributed by atoms with Gasteiger partial charge in [-0.1, -0.05) is 19.1 Å². The number of hydrogen-bond acceptors (Lipinski definition) is 4. The number of nitrogens with zero attached hydrogens (tertiary/aromatic N) is 1. The average molecular weight is 252 g/mol. The summed E-state index contributed by atoms with van der Waals surface area (Å²) < 4.78 is 5.33. The molecule has 0 saturated carbocycles. The lowest BCUT2D eigenvalue weighted by molar-refractivity contribution is 0.225. The minimum atomic E-state index is 0.242. The lowest BCUT2D eigenvalue weighted by Gasteiger charge is -2.20. The van der Waals surface area contributed by atoms with Crippen LogP contribution >= 0.6 is 0 Å². The minimum absolute atomic E-state index is 0.242. The van der Waals surface area contributed by atoms with Crippen LogP contribution in [0.1, 0.15) is 24.5 Å². The second-order valence-electron chi connectivity index (χ2n) is 4.30. The summed E-state index contributed by atoms with van der Waals surface area (Å²) in [5.41, 5.74) is 7.89. The molecule has 0 aromatic heterocycles. The second-order valence-corrected chi connectivity index (χ2v) is 4.30.